The van der Waals surface area contributed by atoms with Crippen molar-refractivity contribution in [2.75, 3.05) is 19.5 Å². The first-order valence-electron chi connectivity index (χ1n) is 9.30. The van der Waals surface area contributed by atoms with E-state index in [1.165, 1.54) is 29.0 Å². The first-order chi connectivity index (χ1) is 14.6. The number of methoxy groups -OCH3 is 1. The molecule has 9 heteroatoms. The molecule has 0 saturated carbocycles. The van der Waals surface area contributed by atoms with E-state index in [0.29, 0.717) is 18.0 Å². The smallest absolute Gasteiger partial charge is 0.264 e. The maximum Gasteiger partial charge on any atom is 0.264 e. The molecule has 1 aromatic carbocycles. The molecule has 30 heavy (non-hydrogen) atoms. The second-order valence-electron chi connectivity index (χ2n) is 6.80. The van der Waals surface area contributed by atoms with E-state index in [9.17, 15) is 4.79 Å². The number of fused-ring (bicyclic) bond motifs is 1. The molecule has 0 fully saturated rings. The number of hydrogen-bond donors (Lipinski definition) is 1. The average molecular weight is 440 g/mol. The van der Waals surface area contributed by atoms with E-state index < -0.39 is 0 Å². The van der Waals surface area contributed by atoms with Crippen LogP contribution in [-0.2, 0) is 13.1 Å². The van der Waals surface area contributed by atoms with Gasteiger partial charge in [-0.05, 0) is 30.2 Å². The minimum Gasteiger partial charge on any atom is -0.497 e. The highest BCUT2D eigenvalue weighted by atomic mass is 32.1. The van der Waals surface area contributed by atoms with E-state index in [4.69, 9.17) is 4.74 Å². The molecule has 0 unspecified atom stereocenters. The molecule has 3 heterocycles. The van der Waals surface area contributed by atoms with Gasteiger partial charge >= 0.3 is 0 Å². The van der Waals surface area contributed by atoms with Crippen molar-refractivity contribution >= 4 is 44.6 Å². The maximum absolute atomic E-state index is 13.0. The molecule has 0 saturated heterocycles. The Balaban J connectivity index is 1.56. The van der Waals surface area contributed by atoms with Crippen LogP contribution in [0.3, 0.4) is 0 Å². The molecule has 0 aliphatic heterocycles. The molecule has 4 aromatic rings. The molecular formula is C21H21N5O2S2. The Labute approximate surface area is 182 Å². The summed E-state index contributed by atoms with van der Waals surface area (Å²) in [7, 11) is 3.44. The number of rotatable bonds is 7. The minimum atomic E-state index is -0.0374. The van der Waals surface area contributed by atoms with Gasteiger partial charge in [0.1, 0.15) is 22.7 Å². The molecule has 0 spiro atoms. The topological polar surface area (TPSA) is 80.2 Å². The summed E-state index contributed by atoms with van der Waals surface area (Å²) in [6.07, 6.45) is 1.53. The zero-order valence-electron chi connectivity index (χ0n) is 16.9. The fourth-order valence-corrected chi connectivity index (χ4v) is 4.84. The van der Waals surface area contributed by atoms with Gasteiger partial charge in [0.2, 0.25) is 0 Å². The second kappa shape index (κ2) is 8.76. The first kappa shape index (κ1) is 20.2. The van der Waals surface area contributed by atoms with Crippen molar-refractivity contribution < 1.29 is 9.53 Å². The van der Waals surface area contributed by atoms with E-state index in [1.54, 1.807) is 24.6 Å². The maximum atomic E-state index is 13.0. The number of amides is 1. The number of carbonyl (C=O) groups excluding carboxylic acids is 1. The summed E-state index contributed by atoms with van der Waals surface area (Å²) in [5, 5.41) is 6.22. The van der Waals surface area contributed by atoms with Gasteiger partial charge in [0.25, 0.3) is 5.91 Å². The van der Waals surface area contributed by atoms with Crippen LogP contribution < -0.4 is 10.1 Å². The Bertz CT molecular complexity index is 1160. The molecule has 4 rings (SSSR count). The molecule has 3 aromatic heterocycles. The lowest BCUT2D eigenvalue weighted by Crippen LogP contribution is -2.26. The van der Waals surface area contributed by atoms with E-state index in [1.807, 2.05) is 36.6 Å². The van der Waals surface area contributed by atoms with E-state index in [0.717, 1.165) is 38.6 Å². The summed E-state index contributed by atoms with van der Waals surface area (Å²) in [5.74, 6) is 1.51. The average Bonchev–Trinajstić information content (AvgIpc) is 3.40. The summed E-state index contributed by atoms with van der Waals surface area (Å²) in [4.78, 5) is 29.3. The number of anilines is 1. The van der Waals surface area contributed by atoms with Crippen LogP contribution in [0.5, 0.6) is 5.75 Å². The number of nitrogens with one attached hydrogen (secondary N) is 1. The summed E-state index contributed by atoms with van der Waals surface area (Å²) in [6, 6.07) is 7.87. The molecule has 0 radical (unpaired) electrons. The van der Waals surface area contributed by atoms with Crippen molar-refractivity contribution in [2.45, 2.75) is 20.0 Å². The number of hydrogen-bond acceptors (Lipinski definition) is 8. The summed E-state index contributed by atoms with van der Waals surface area (Å²) in [6.45, 7) is 3.04. The Morgan fingerprint density at radius 2 is 2.00 bits per heavy atom. The third kappa shape index (κ3) is 4.12. The molecule has 0 bridgehead atoms. The third-order valence-electron chi connectivity index (χ3n) is 4.77. The van der Waals surface area contributed by atoms with Gasteiger partial charge < -0.3 is 15.0 Å². The van der Waals surface area contributed by atoms with Gasteiger partial charge in [-0.3, -0.25) is 4.79 Å². The Kier molecular flexibility index (Phi) is 5.91. The number of thiazole rings is 1. The molecule has 0 aliphatic rings. The number of nitrogens with zero attached hydrogens (tertiary/aromatic N) is 4. The van der Waals surface area contributed by atoms with E-state index in [-0.39, 0.29) is 5.91 Å². The fraction of sp³-hybridized carbons (Fsp3) is 0.238. The van der Waals surface area contributed by atoms with Crippen LogP contribution in [0.4, 0.5) is 5.82 Å². The van der Waals surface area contributed by atoms with Gasteiger partial charge in [-0.1, -0.05) is 12.1 Å². The minimum absolute atomic E-state index is 0.0374. The zero-order chi connectivity index (χ0) is 21.1. The standard InChI is InChI=1S/C21H21N5O2S2/c1-13-17-19(22-8-14-4-6-16(28-3)7-5-14)23-11-24-20(17)30-18(13)21(27)26(2)9-15-10-29-12-25-15/h4-7,10-12H,8-9H2,1-3H3,(H,22,23,24). The van der Waals surface area contributed by atoms with Crippen molar-refractivity contribution in [3.8, 4) is 5.75 Å². The molecule has 154 valence electrons. The lowest BCUT2D eigenvalue weighted by Gasteiger charge is -2.15. The van der Waals surface area contributed by atoms with Gasteiger partial charge in [0, 0.05) is 19.0 Å². The van der Waals surface area contributed by atoms with Crippen LogP contribution in [0.1, 0.15) is 26.5 Å². The van der Waals surface area contributed by atoms with Gasteiger partial charge in [0.15, 0.2) is 0 Å². The molecular weight excluding hydrogens is 418 g/mol. The Hall–Kier alpha value is -3.04. The number of aromatic nitrogens is 3. The third-order valence-corrected chi connectivity index (χ3v) is 6.59. The molecule has 0 aliphatic carbocycles. The predicted molar refractivity (Wildman–Crippen MR) is 120 cm³/mol. The van der Waals surface area contributed by atoms with Crippen LogP contribution in [0.25, 0.3) is 10.2 Å². The van der Waals surface area contributed by atoms with Crippen LogP contribution in [-0.4, -0.2) is 39.9 Å². The number of aryl methyl sites for hydroxylation is 1. The van der Waals surface area contributed by atoms with Gasteiger partial charge in [-0.15, -0.1) is 22.7 Å². The van der Waals surface area contributed by atoms with Gasteiger partial charge in [0.05, 0.1) is 35.1 Å². The van der Waals surface area contributed by atoms with E-state index in [2.05, 4.69) is 20.3 Å². The highest BCUT2D eigenvalue weighted by Crippen LogP contribution is 2.34. The van der Waals surface area contributed by atoms with Crippen molar-refractivity contribution in [1.29, 1.82) is 0 Å². The van der Waals surface area contributed by atoms with Crippen LogP contribution >= 0.6 is 22.7 Å². The summed E-state index contributed by atoms with van der Waals surface area (Å²) in [5.41, 5.74) is 4.66. The van der Waals surface area contributed by atoms with E-state index >= 15 is 0 Å². The zero-order valence-corrected chi connectivity index (χ0v) is 18.5. The lowest BCUT2D eigenvalue weighted by atomic mass is 10.1. The first-order valence-corrected chi connectivity index (χ1v) is 11.1. The van der Waals surface area contributed by atoms with Crippen molar-refractivity contribution in [3.05, 3.63) is 63.2 Å². The normalized spacial score (nSPS) is 10.9. The molecule has 1 N–H and O–H groups in total. The number of thiophene rings is 1. The Morgan fingerprint density at radius 1 is 1.20 bits per heavy atom. The fourth-order valence-electron chi connectivity index (χ4n) is 3.14. The van der Waals surface area contributed by atoms with Crippen molar-refractivity contribution in [1.82, 2.24) is 19.9 Å². The number of benzene rings is 1. The molecule has 7 nitrogen and oxygen atoms in total. The monoisotopic (exact) mass is 439 g/mol. The Morgan fingerprint density at radius 3 is 2.70 bits per heavy atom. The second-order valence-corrected chi connectivity index (χ2v) is 8.52. The molecule has 1 amide bonds. The van der Waals surface area contributed by atoms with Crippen LogP contribution in [0, 0.1) is 6.92 Å². The predicted octanol–water partition coefficient (Wildman–Crippen LogP) is 4.35. The lowest BCUT2D eigenvalue weighted by molar-refractivity contribution is 0.0788. The summed E-state index contributed by atoms with van der Waals surface area (Å²) < 4.78 is 5.20. The highest BCUT2D eigenvalue weighted by molar-refractivity contribution is 7.20. The highest BCUT2D eigenvalue weighted by Gasteiger charge is 2.22. The molecule has 0 atom stereocenters. The summed E-state index contributed by atoms with van der Waals surface area (Å²) >= 11 is 2.92. The largest absolute Gasteiger partial charge is 0.497 e. The quantitative estimate of drug-likeness (QED) is 0.461. The van der Waals surface area contributed by atoms with Crippen molar-refractivity contribution in [2.24, 2.45) is 0 Å². The van der Waals surface area contributed by atoms with Crippen LogP contribution in [0.15, 0.2) is 41.5 Å². The number of ether oxygens (including phenoxy) is 1. The van der Waals surface area contributed by atoms with Gasteiger partial charge in [-0.2, -0.15) is 0 Å². The van der Waals surface area contributed by atoms with Crippen LogP contribution in [0.2, 0.25) is 0 Å². The number of carbonyl (C=O) groups is 1. The SMILES string of the molecule is COc1ccc(CNc2ncnc3sc(C(=O)N(C)Cc4cscn4)c(C)c23)cc1. The van der Waals surface area contributed by atoms with Crippen molar-refractivity contribution in [3.63, 3.8) is 0 Å². The van der Waals surface area contributed by atoms with Gasteiger partial charge in [-0.25, -0.2) is 15.0 Å².